The molecule has 0 aliphatic carbocycles. The van der Waals surface area contributed by atoms with Gasteiger partial charge in [0, 0.05) is 13.1 Å². The Bertz CT molecular complexity index is 611. The second-order valence-corrected chi connectivity index (χ2v) is 7.85. The molecule has 0 heterocycles. The average molecular weight is 342 g/mol. The molecule has 1 aromatic rings. The molecule has 0 spiro atoms. The van der Waals surface area contributed by atoms with Crippen molar-refractivity contribution in [3.05, 3.63) is 29.8 Å². The number of ether oxygens (including phenoxy) is 1. The number of nitrogens with one attached hydrogen (secondary N) is 1. The van der Waals surface area contributed by atoms with Gasteiger partial charge in [-0.2, -0.15) is 0 Å². The number of sulfonamides is 1. The molecule has 0 bridgehead atoms. The predicted molar refractivity (Wildman–Crippen MR) is 90.7 cm³/mol. The molecule has 7 heteroatoms. The number of amides is 1. The number of methoxy groups -OCH3 is 1. The second-order valence-electron chi connectivity index (χ2n) is 6.07. The molecule has 0 fully saturated rings. The van der Waals surface area contributed by atoms with Gasteiger partial charge in [-0.05, 0) is 30.5 Å². The number of carbonyl (C=O) groups excluding carboxylic acids is 1. The fourth-order valence-electron chi connectivity index (χ4n) is 2.27. The highest BCUT2D eigenvalue weighted by Crippen LogP contribution is 2.14. The highest BCUT2D eigenvalue weighted by Gasteiger charge is 2.23. The van der Waals surface area contributed by atoms with Crippen LogP contribution >= 0.6 is 0 Å². The van der Waals surface area contributed by atoms with E-state index < -0.39 is 16.1 Å². The number of nitrogens with zero attached hydrogens (tertiary/aromatic N) is 1. The van der Waals surface area contributed by atoms with Crippen molar-refractivity contribution in [2.75, 3.05) is 19.9 Å². The summed E-state index contributed by atoms with van der Waals surface area (Å²) in [5.41, 5.74) is 0.964. The first-order chi connectivity index (χ1) is 10.6. The molecule has 0 saturated carbocycles. The van der Waals surface area contributed by atoms with Crippen LogP contribution in [0.5, 0.6) is 5.75 Å². The molecule has 1 rings (SSSR count). The minimum Gasteiger partial charge on any atom is -0.497 e. The van der Waals surface area contributed by atoms with Gasteiger partial charge in [-0.1, -0.05) is 26.0 Å². The molecule has 0 aliphatic heterocycles. The maximum Gasteiger partial charge on any atom is 0.240 e. The van der Waals surface area contributed by atoms with Crippen LogP contribution in [0.15, 0.2) is 24.3 Å². The number of carbonyl (C=O) groups is 1. The molecule has 1 atom stereocenters. The minimum atomic E-state index is -3.43. The fraction of sp³-hybridized carbons (Fsp3) is 0.562. The Morgan fingerprint density at radius 2 is 1.78 bits per heavy atom. The lowest BCUT2D eigenvalue weighted by molar-refractivity contribution is -0.133. The van der Waals surface area contributed by atoms with E-state index in [-0.39, 0.29) is 11.8 Å². The third-order valence-electron chi connectivity index (χ3n) is 3.19. The summed E-state index contributed by atoms with van der Waals surface area (Å²) < 4.78 is 30.1. The molecule has 130 valence electrons. The summed E-state index contributed by atoms with van der Waals surface area (Å²) in [6.45, 7) is 6.58. The van der Waals surface area contributed by atoms with Crippen molar-refractivity contribution in [1.29, 1.82) is 0 Å². The molecule has 1 aromatic carbocycles. The molecular weight excluding hydrogens is 316 g/mol. The smallest absolute Gasteiger partial charge is 0.240 e. The lowest BCUT2D eigenvalue weighted by Gasteiger charge is -2.27. The van der Waals surface area contributed by atoms with Crippen LogP contribution < -0.4 is 9.46 Å². The van der Waals surface area contributed by atoms with E-state index in [9.17, 15) is 13.2 Å². The quantitative estimate of drug-likeness (QED) is 0.779. The van der Waals surface area contributed by atoms with E-state index in [0.717, 1.165) is 17.6 Å². The van der Waals surface area contributed by atoms with Crippen LogP contribution in [0.2, 0.25) is 0 Å². The summed E-state index contributed by atoms with van der Waals surface area (Å²) in [5, 5.41) is 0. The number of hydrogen-bond acceptors (Lipinski definition) is 4. The second kappa shape index (κ2) is 8.31. The van der Waals surface area contributed by atoms with E-state index >= 15 is 0 Å². The van der Waals surface area contributed by atoms with Gasteiger partial charge in [-0.25, -0.2) is 13.1 Å². The maximum atomic E-state index is 12.6. The Hall–Kier alpha value is -1.60. The minimum absolute atomic E-state index is 0.236. The van der Waals surface area contributed by atoms with Gasteiger partial charge in [0.05, 0.1) is 19.4 Å². The van der Waals surface area contributed by atoms with E-state index in [4.69, 9.17) is 4.74 Å². The largest absolute Gasteiger partial charge is 0.497 e. The molecule has 1 N–H and O–H groups in total. The molecule has 0 saturated heterocycles. The highest BCUT2D eigenvalue weighted by molar-refractivity contribution is 7.88. The number of hydrogen-bond donors (Lipinski definition) is 1. The van der Waals surface area contributed by atoms with E-state index in [1.165, 1.54) is 0 Å². The maximum absolute atomic E-state index is 12.6. The third kappa shape index (κ3) is 7.00. The molecule has 1 amide bonds. The lowest BCUT2D eigenvalue weighted by Crippen LogP contribution is -2.47. The molecule has 0 aromatic heterocycles. The van der Waals surface area contributed by atoms with E-state index in [1.807, 2.05) is 38.1 Å². The van der Waals surface area contributed by atoms with E-state index in [2.05, 4.69) is 4.72 Å². The van der Waals surface area contributed by atoms with Crippen molar-refractivity contribution in [1.82, 2.24) is 9.62 Å². The van der Waals surface area contributed by atoms with Gasteiger partial charge in [0.25, 0.3) is 0 Å². The zero-order valence-electron chi connectivity index (χ0n) is 14.4. The first-order valence-electron chi connectivity index (χ1n) is 7.51. The SMILES string of the molecule is COc1ccc(CN(CC(C)C)C(=O)[C@@H](C)NS(C)(=O)=O)cc1. The van der Waals surface area contributed by atoms with Gasteiger partial charge in [-0.3, -0.25) is 4.79 Å². The summed E-state index contributed by atoms with van der Waals surface area (Å²) in [5.74, 6) is 0.796. The molecule has 6 nitrogen and oxygen atoms in total. The predicted octanol–water partition coefficient (Wildman–Crippen LogP) is 1.62. The van der Waals surface area contributed by atoms with Crippen LogP contribution in [0.1, 0.15) is 26.3 Å². The summed E-state index contributed by atoms with van der Waals surface area (Å²) in [6.07, 6.45) is 1.05. The van der Waals surface area contributed by atoms with Crippen molar-refractivity contribution in [3.8, 4) is 5.75 Å². The average Bonchev–Trinajstić information content (AvgIpc) is 2.44. The monoisotopic (exact) mass is 342 g/mol. The van der Waals surface area contributed by atoms with Crippen molar-refractivity contribution in [2.45, 2.75) is 33.4 Å². The van der Waals surface area contributed by atoms with Crippen LogP contribution in [0.4, 0.5) is 0 Å². The van der Waals surface area contributed by atoms with Crippen LogP contribution in [0.25, 0.3) is 0 Å². The van der Waals surface area contributed by atoms with Crippen molar-refractivity contribution in [2.24, 2.45) is 5.92 Å². The van der Waals surface area contributed by atoms with Gasteiger partial charge in [0.2, 0.25) is 15.9 Å². The molecule has 0 unspecified atom stereocenters. The first-order valence-corrected chi connectivity index (χ1v) is 9.40. The topological polar surface area (TPSA) is 75.7 Å². The van der Waals surface area contributed by atoms with Crippen LogP contribution in [0.3, 0.4) is 0 Å². The Morgan fingerprint density at radius 1 is 1.22 bits per heavy atom. The van der Waals surface area contributed by atoms with Crippen LogP contribution in [0, 0.1) is 5.92 Å². The summed E-state index contributed by atoms with van der Waals surface area (Å²) >= 11 is 0. The normalized spacial score (nSPS) is 13.0. The fourth-order valence-corrected chi connectivity index (χ4v) is 3.01. The molecule has 0 aliphatic rings. The lowest BCUT2D eigenvalue weighted by atomic mass is 10.1. The third-order valence-corrected chi connectivity index (χ3v) is 3.97. The zero-order chi connectivity index (χ0) is 17.6. The molecular formula is C16H26N2O4S. The Kier molecular flexibility index (Phi) is 7.02. The van der Waals surface area contributed by atoms with Gasteiger partial charge >= 0.3 is 0 Å². The van der Waals surface area contributed by atoms with Gasteiger partial charge in [0.15, 0.2) is 0 Å². The first kappa shape index (κ1) is 19.4. The zero-order valence-corrected chi connectivity index (χ0v) is 15.2. The Morgan fingerprint density at radius 3 is 2.22 bits per heavy atom. The van der Waals surface area contributed by atoms with Gasteiger partial charge in [-0.15, -0.1) is 0 Å². The summed E-state index contributed by atoms with van der Waals surface area (Å²) in [6, 6.07) is 6.68. The Labute approximate surface area is 138 Å². The molecule has 23 heavy (non-hydrogen) atoms. The summed E-state index contributed by atoms with van der Waals surface area (Å²) in [7, 11) is -1.83. The number of rotatable bonds is 8. The molecule has 0 radical (unpaired) electrons. The van der Waals surface area contributed by atoms with Crippen molar-refractivity contribution < 1.29 is 17.9 Å². The standard InChI is InChI=1S/C16H26N2O4S/c1-12(2)10-18(16(19)13(3)17-23(5,20)21)11-14-6-8-15(22-4)9-7-14/h6-9,12-13,17H,10-11H2,1-5H3/t13-/m1/s1. The summed E-state index contributed by atoms with van der Waals surface area (Å²) in [4.78, 5) is 14.2. The van der Waals surface area contributed by atoms with Crippen LogP contribution in [-0.2, 0) is 21.4 Å². The Balaban J connectivity index is 2.87. The van der Waals surface area contributed by atoms with Gasteiger partial charge in [0.1, 0.15) is 5.75 Å². The van der Waals surface area contributed by atoms with Gasteiger partial charge < -0.3 is 9.64 Å². The van der Waals surface area contributed by atoms with Crippen molar-refractivity contribution >= 4 is 15.9 Å². The van der Waals surface area contributed by atoms with E-state index in [1.54, 1.807) is 18.9 Å². The van der Waals surface area contributed by atoms with Crippen molar-refractivity contribution in [3.63, 3.8) is 0 Å². The van der Waals surface area contributed by atoms with Crippen LogP contribution in [-0.4, -0.2) is 45.2 Å². The number of benzene rings is 1. The van der Waals surface area contributed by atoms with E-state index in [0.29, 0.717) is 13.1 Å². The highest BCUT2D eigenvalue weighted by atomic mass is 32.2.